The second-order valence-electron chi connectivity index (χ2n) is 4.50. The van der Waals surface area contributed by atoms with Crippen molar-refractivity contribution in [2.75, 3.05) is 6.26 Å². The molecule has 0 bridgehead atoms. The summed E-state index contributed by atoms with van der Waals surface area (Å²) in [4.78, 5) is 39.1. The molecule has 1 heterocycles. The molecule has 0 aliphatic heterocycles. The molecule has 0 radical (unpaired) electrons. The van der Waals surface area contributed by atoms with Gasteiger partial charge in [0.1, 0.15) is 5.25 Å². The van der Waals surface area contributed by atoms with Crippen molar-refractivity contribution in [3.8, 4) is 0 Å². The summed E-state index contributed by atoms with van der Waals surface area (Å²) in [6.45, 7) is 1.30. The fourth-order valence-electron chi connectivity index (χ4n) is 1.70. The maximum absolute atomic E-state index is 12.0. The molecule has 1 unspecified atom stereocenters. The van der Waals surface area contributed by atoms with Crippen molar-refractivity contribution in [2.24, 2.45) is 0 Å². The second kappa shape index (κ2) is 4.71. The molecule has 0 aliphatic carbocycles. The van der Waals surface area contributed by atoms with E-state index in [9.17, 15) is 22.8 Å². The van der Waals surface area contributed by atoms with E-state index in [2.05, 4.69) is 9.97 Å². The highest BCUT2D eigenvalue weighted by Crippen LogP contribution is 2.14. The van der Waals surface area contributed by atoms with Gasteiger partial charge in [0.05, 0.1) is 11.0 Å². The minimum absolute atomic E-state index is 0.151. The maximum atomic E-state index is 12.0. The number of ketones is 1. The number of aromatic nitrogens is 2. The van der Waals surface area contributed by atoms with E-state index in [-0.39, 0.29) is 11.1 Å². The van der Waals surface area contributed by atoms with Crippen molar-refractivity contribution >= 4 is 26.7 Å². The lowest BCUT2D eigenvalue weighted by Gasteiger charge is -2.08. The number of carbonyl (C=O) groups excluding carboxylic acids is 1. The van der Waals surface area contributed by atoms with Crippen LogP contribution in [0.1, 0.15) is 17.3 Å². The zero-order chi connectivity index (χ0) is 15.1. The van der Waals surface area contributed by atoms with Crippen molar-refractivity contribution in [3.05, 3.63) is 44.5 Å². The first-order valence-corrected chi connectivity index (χ1v) is 7.65. The number of carbonyl (C=O) groups is 1. The summed E-state index contributed by atoms with van der Waals surface area (Å²) in [5.41, 5.74) is -0.850. The highest BCUT2D eigenvalue weighted by molar-refractivity contribution is 7.92. The Labute approximate surface area is 113 Å². The van der Waals surface area contributed by atoms with Gasteiger partial charge in [0.15, 0.2) is 15.6 Å². The Hall–Kier alpha value is -2.22. The minimum Gasteiger partial charge on any atom is -0.316 e. The summed E-state index contributed by atoms with van der Waals surface area (Å²) in [5.74, 6) is -0.568. The Morgan fingerprint density at radius 1 is 1.10 bits per heavy atom. The fraction of sp³-hybridized carbons (Fsp3) is 0.250. The molecule has 2 rings (SSSR count). The van der Waals surface area contributed by atoms with Crippen LogP contribution in [0, 0.1) is 0 Å². The molecule has 2 N–H and O–H groups in total. The molecular formula is C12H12N2O5S. The highest BCUT2D eigenvalue weighted by Gasteiger charge is 2.24. The predicted octanol–water partition coefficient (Wildman–Crippen LogP) is -0.168. The standard InChI is InChI=1S/C12H12N2O5S/c1-6(20(2,18)19)10(15)7-3-4-8-9(5-7)14-12(17)11(16)13-8/h3-6H,1-2H3,(H,13,16)(H,14,17). The number of hydrogen-bond acceptors (Lipinski definition) is 5. The van der Waals surface area contributed by atoms with Crippen LogP contribution in [0.25, 0.3) is 11.0 Å². The van der Waals surface area contributed by atoms with Gasteiger partial charge in [-0.05, 0) is 25.1 Å². The van der Waals surface area contributed by atoms with Gasteiger partial charge in [-0.2, -0.15) is 0 Å². The predicted molar refractivity (Wildman–Crippen MR) is 73.8 cm³/mol. The van der Waals surface area contributed by atoms with Crippen LogP contribution in [0.4, 0.5) is 0 Å². The van der Waals surface area contributed by atoms with Crippen LogP contribution >= 0.6 is 0 Å². The summed E-state index contributed by atoms with van der Waals surface area (Å²) in [6, 6.07) is 4.19. The summed E-state index contributed by atoms with van der Waals surface area (Å²) in [7, 11) is -3.50. The zero-order valence-corrected chi connectivity index (χ0v) is 11.6. The number of sulfone groups is 1. The molecular weight excluding hydrogens is 284 g/mol. The van der Waals surface area contributed by atoms with Gasteiger partial charge in [-0.15, -0.1) is 0 Å². The monoisotopic (exact) mass is 296 g/mol. The average molecular weight is 296 g/mol. The third-order valence-corrected chi connectivity index (χ3v) is 4.52. The molecule has 0 amide bonds. The third kappa shape index (κ3) is 2.55. The highest BCUT2D eigenvalue weighted by atomic mass is 32.2. The van der Waals surface area contributed by atoms with Gasteiger partial charge in [0, 0.05) is 11.8 Å². The van der Waals surface area contributed by atoms with Crippen LogP contribution < -0.4 is 11.1 Å². The van der Waals surface area contributed by atoms with Crippen LogP contribution in [0.5, 0.6) is 0 Å². The van der Waals surface area contributed by atoms with E-state index in [1.54, 1.807) is 0 Å². The van der Waals surface area contributed by atoms with Gasteiger partial charge in [-0.3, -0.25) is 14.4 Å². The second-order valence-corrected chi connectivity index (χ2v) is 6.87. The van der Waals surface area contributed by atoms with Crippen LogP contribution in [0.2, 0.25) is 0 Å². The van der Waals surface area contributed by atoms with E-state index in [4.69, 9.17) is 0 Å². The van der Waals surface area contributed by atoms with Gasteiger partial charge in [-0.25, -0.2) is 8.42 Å². The molecule has 7 nitrogen and oxygen atoms in total. The lowest BCUT2D eigenvalue weighted by atomic mass is 10.1. The summed E-state index contributed by atoms with van der Waals surface area (Å²) < 4.78 is 22.8. The van der Waals surface area contributed by atoms with Crippen LogP contribution in [-0.4, -0.2) is 35.7 Å². The fourth-order valence-corrected chi connectivity index (χ4v) is 2.22. The topological polar surface area (TPSA) is 117 Å². The lowest BCUT2D eigenvalue weighted by molar-refractivity contribution is 0.0992. The molecule has 0 aliphatic rings. The van der Waals surface area contributed by atoms with Crippen LogP contribution in [0.3, 0.4) is 0 Å². The van der Waals surface area contributed by atoms with Gasteiger partial charge in [0.2, 0.25) is 0 Å². The number of hydrogen-bond donors (Lipinski definition) is 2. The number of benzene rings is 1. The first-order valence-electron chi connectivity index (χ1n) is 5.69. The first-order chi connectivity index (χ1) is 9.20. The van der Waals surface area contributed by atoms with E-state index >= 15 is 0 Å². The van der Waals surface area contributed by atoms with Crippen molar-refractivity contribution in [3.63, 3.8) is 0 Å². The van der Waals surface area contributed by atoms with E-state index in [0.717, 1.165) is 6.26 Å². The molecule has 106 valence electrons. The number of Topliss-reactive ketones (excluding diaryl/α,β-unsaturated/α-hetero) is 1. The van der Waals surface area contributed by atoms with Crippen molar-refractivity contribution in [1.29, 1.82) is 0 Å². The van der Waals surface area contributed by atoms with E-state index < -0.39 is 32.0 Å². The third-order valence-electron chi connectivity index (χ3n) is 3.02. The lowest BCUT2D eigenvalue weighted by Crippen LogP contribution is -2.29. The van der Waals surface area contributed by atoms with Gasteiger partial charge in [0.25, 0.3) is 0 Å². The SMILES string of the molecule is CC(C(=O)c1ccc2[nH]c(=O)c(=O)[nH]c2c1)S(C)(=O)=O. The smallest absolute Gasteiger partial charge is 0.314 e. The number of nitrogens with one attached hydrogen (secondary N) is 2. The first kappa shape index (κ1) is 14.2. The Morgan fingerprint density at radius 3 is 2.20 bits per heavy atom. The minimum atomic E-state index is -3.50. The molecule has 0 saturated heterocycles. The number of rotatable bonds is 3. The number of H-pyrrole nitrogens is 2. The van der Waals surface area contributed by atoms with E-state index in [1.165, 1.54) is 25.1 Å². The van der Waals surface area contributed by atoms with Crippen LogP contribution in [-0.2, 0) is 9.84 Å². The van der Waals surface area contributed by atoms with Crippen molar-refractivity contribution in [1.82, 2.24) is 9.97 Å². The van der Waals surface area contributed by atoms with Gasteiger partial charge >= 0.3 is 11.1 Å². The molecule has 20 heavy (non-hydrogen) atoms. The molecule has 0 fully saturated rings. The van der Waals surface area contributed by atoms with Crippen molar-refractivity contribution in [2.45, 2.75) is 12.2 Å². The average Bonchev–Trinajstić information content (AvgIpc) is 2.37. The zero-order valence-electron chi connectivity index (χ0n) is 10.8. The Bertz CT molecular complexity index is 907. The molecule has 2 aromatic rings. The normalized spacial score (nSPS) is 13.3. The van der Waals surface area contributed by atoms with Gasteiger partial charge < -0.3 is 9.97 Å². The molecule has 1 aromatic carbocycles. The van der Waals surface area contributed by atoms with Crippen molar-refractivity contribution < 1.29 is 13.2 Å². The largest absolute Gasteiger partial charge is 0.316 e. The Balaban J connectivity index is 2.58. The van der Waals surface area contributed by atoms with Crippen LogP contribution in [0.15, 0.2) is 27.8 Å². The van der Waals surface area contributed by atoms with E-state index in [0.29, 0.717) is 5.52 Å². The molecule has 0 saturated carbocycles. The molecule has 1 atom stereocenters. The Kier molecular flexibility index (Phi) is 3.34. The number of aromatic amines is 2. The number of fused-ring (bicyclic) bond motifs is 1. The molecule has 8 heteroatoms. The summed E-state index contributed by atoms with van der Waals surface area (Å²) in [6.07, 6.45) is 0.982. The Morgan fingerprint density at radius 2 is 1.65 bits per heavy atom. The quantitative estimate of drug-likeness (QED) is 0.602. The summed E-state index contributed by atoms with van der Waals surface area (Å²) in [5, 5.41) is -1.17. The van der Waals surface area contributed by atoms with E-state index in [1.807, 2.05) is 0 Å². The molecule has 1 aromatic heterocycles. The molecule has 0 spiro atoms. The summed E-state index contributed by atoms with van der Waals surface area (Å²) >= 11 is 0. The van der Waals surface area contributed by atoms with Gasteiger partial charge in [-0.1, -0.05) is 0 Å². The maximum Gasteiger partial charge on any atom is 0.314 e.